The molecule has 76 valence electrons. The molecular formula is C8H15IN3S-. The van der Waals surface area contributed by atoms with Crippen LogP contribution in [0.5, 0.6) is 0 Å². The molecule has 1 unspecified atom stereocenters. The second-order valence-electron chi connectivity index (χ2n) is 3.32. The monoisotopic (exact) mass is 312 g/mol. The van der Waals surface area contributed by atoms with Crippen molar-refractivity contribution >= 4 is 18.0 Å². The maximum absolute atomic E-state index is 4.49. The molecule has 2 heterocycles. The van der Waals surface area contributed by atoms with Crippen molar-refractivity contribution < 1.29 is 21.2 Å². The van der Waals surface area contributed by atoms with Gasteiger partial charge < -0.3 is 0 Å². The molecule has 1 atom stereocenters. The van der Waals surface area contributed by atoms with Crippen LogP contribution in [-0.2, 0) is 0 Å². The van der Waals surface area contributed by atoms with E-state index in [-0.39, 0.29) is 0 Å². The van der Waals surface area contributed by atoms with Gasteiger partial charge in [-0.05, 0) is 0 Å². The Morgan fingerprint density at radius 1 is 1.54 bits per heavy atom. The second kappa shape index (κ2) is 4.84. The number of alkyl halides is 2. The van der Waals surface area contributed by atoms with E-state index in [1.165, 1.54) is 43.7 Å². The normalized spacial score (nSPS) is 29.5. The van der Waals surface area contributed by atoms with Crippen LogP contribution in [0.4, 0.5) is 0 Å². The molecule has 2 aliphatic heterocycles. The molecule has 3 nitrogen and oxygen atoms in total. The topological polar surface area (TPSA) is 27.6 Å². The number of fused-ring (bicyclic) bond motifs is 1. The molecule has 0 bridgehead atoms. The number of hydrogen-bond acceptors (Lipinski definition) is 4. The summed E-state index contributed by atoms with van der Waals surface area (Å²) in [6.07, 6.45) is 5.45. The van der Waals surface area contributed by atoms with Crippen molar-refractivity contribution in [3.05, 3.63) is 0 Å². The summed E-state index contributed by atoms with van der Waals surface area (Å²) < 4.78 is 5.28. The quantitative estimate of drug-likeness (QED) is 0.360. The zero-order chi connectivity index (χ0) is 9.10. The molecule has 0 amide bonds. The van der Waals surface area contributed by atoms with Gasteiger partial charge in [-0.25, -0.2) is 0 Å². The third-order valence-corrected chi connectivity index (χ3v) is 5.71. The first-order chi connectivity index (χ1) is 6.42. The van der Waals surface area contributed by atoms with E-state index in [4.69, 9.17) is 0 Å². The Morgan fingerprint density at radius 2 is 2.46 bits per heavy atom. The summed E-state index contributed by atoms with van der Waals surface area (Å²) in [4.78, 5) is 5.62. The van der Waals surface area contributed by atoms with Gasteiger partial charge in [-0.15, -0.1) is 0 Å². The summed E-state index contributed by atoms with van der Waals surface area (Å²) >= 11 is 1.80. The van der Waals surface area contributed by atoms with E-state index < -0.39 is 0 Å². The van der Waals surface area contributed by atoms with Gasteiger partial charge in [0.2, 0.25) is 0 Å². The molecule has 0 aromatic carbocycles. The van der Waals surface area contributed by atoms with Crippen LogP contribution in [0.1, 0.15) is 25.7 Å². The molecule has 0 spiro atoms. The Labute approximate surface area is 94.2 Å². The minimum atomic E-state index is 0.297. The fraction of sp³-hybridized carbons (Fsp3) is 0.875. The third-order valence-electron chi connectivity index (χ3n) is 2.45. The fourth-order valence-electron chi connectivity index (χ4n) is 1.71. The van der Waals surface area contributed by atoms with E-state index >= 15 is 0 Å². The minimum absolute atomic E-state index is 0.297. The molecule has 2 rings (SSSR count). The average molecular weight is 312 g/mol. The van der Waals surface area contributed by atoms with Gasteiger partial charge in [0.15, 0.2) is 0 Å². The average Bonchev–Trinajstić information content (AvgIpc) is 2.53. The Bertz CT molecular complexity index is 210. The van der Waals surface area contributed by atoms with Crippen LogP contribution in [-0.4, -0.2) is 26.2 Å². The van der Waals surface area contributed by atoms with Gasteiger partial charge in [0.05, 0.1) is 0 Å². The Kier molecular flexibility index (Phi) is 3.74. The summed E-state index contributed by atoms with van der Waals surface area (Å²) in [5.74, 6) is 1.33. The number of nitrogens with zero attached hydrogens (tertiary/aromatic N) is 2. The van der Waals surface area contributed by atoms with Crippen LogP contribution < -0.4 is 26.0 Å². The fourth-order valence-corrected chi connectivity index (χ4v) is 4.63. The van der Waals surface area contributed by atoms with E-state index in [1.807, 2.05) is 0 Å². The van der Waals surface area contributed by atoms with Gasteiger partial charge in [-0.1, -0.05) is 0 Å². The van der Waals surface area contributed by atoms with Crippen molar-refractivity contribution in [2.24, 2.45) is 4.40 Å². The number of hydrazine groups is 1. The van der Waals surface area contributed by atoms with Gasteiger partial charge >= 0.3 is 94.5 Å². The van der Waals surface area contributed by atoms with Crippen molar-refractivity contribution in [3.8, 4) is 0 Å². The number of amidine groups is 1. The van der Waals surface area contributed by atoms with Crippen LogP contribution in [0.25, 0.3) is 0 Å². The number of hydrogen-bond donors (Lipinski definition) is 1. The molecule has 0 aliphatic carbocycles. The van der Waals surface area contributed by atoms with E-state index in [9.17, 15) is 0 Å². The predicted molar refractivity (Wildman–Crippen MR) is 53.0 cm³/mol. The molecular weight excluding hydrogens is 297 g/mol. The molecule has 0 aromatic rings. The second-order valence-corrected chi connectivity index (χ2v) is 6.62. The van der Waals surface area contributed by atoms with Crippen molar-refractivity contribution in [1.82, 2.24) is 9.84 Å². The Hall–Kier alpha value is 0.510. The van der Waals surface area contributed by atoms with Crippen LogP contribution in [0.15, 0.2) is 4.40 Å². The molecule has 1 saturated heterocycles. The molecule has 13 heavy (non-hydrogen) atoms. The summed E-state index contributed by atoms with van der Waals surface area (Å²) in [6.45, 7) is 1.14. The van der Waals surface area contributed by atoms with E-state index in [0.29, 0.717) is 21.2 Å². The van der Waals surface area contributed by atoms with Crippen LogP contribution in [0.3, 0.4) is 0 Å². The standard InChI is InChI=1S/C8H15IN3S/c1-9-7-5-3-2-4-6-12-8(7)10-13-11-12/h7,11H,2-6H2,1H3/q-1. The first-order valence-electron chi connectivity index (χ1n) is 4.67. The van der Waals surface area contributed by atoms with Gasteiger partial charge in [0, 0.05) is 0 Å². The number of nitrogens with one attached hydrogen (secondary N) is 1. The molecule has 0 aromatic heterocycles. The van der Waals surface area contributed by atoms with Gasteiger partial charge in [-0.3, -0.25) is 0 Å². The first kappa shape index (κ1) is 10.0. The number of rotatable bonds is 1. The van der Waals surface area contributed by atoms with Crippen LogP contribution >= 0.6 is 12.1 Å². The summed E-state index contributed by atoms with van der Waals surface area (Å²) in [6, 6.07) is 0. The van der Waals surface area contributed by atoms with Crippen molar-refractivity contribution in [1.29, 1.82) is 0 Å². The van der Waals surface area contributed by atoms with Gasteiger partial charge in [-0.2, -0.15) is 0 Å². The third kappa shape index (κ3) is 2.30. The molecule has 0 radical (unpaired) electrons. The van der Waals surface area contributed by atoms with Crippen molar-refractivity contribution in [2.45, 2.75) is 29.6 Å². The summed E-state index contributed by atoms with van der Waals surface area (Å²) in [7, 11) is 0. The Balaban J connectivity index is 2.07. The maximum atomic E-state index is 4.49. The van der Waals surface area contributed by atoms with Crippen molar-refractivity contribution in [2.75, 3.05) is 11.5 Å². The molecule has 0 saturated carbocycles. The number of halogens is 1. The molecule has 2 aliphatic rings. The van der Waals surface area contributed by atoms with E-state index in [2.05, 4.69) is 19.2 Å². The Morgan fingerprint density at radius 3 is 3.31 bits per heavy atom. The molecule has 1 fully saturated rings. The van der Waals surface area contributed by atoms with Gasteiger partial charge in [0.25, 0.3) is 0 Å². The molecule has 1 N–H and O–H groups in total. The zero-order valence-corrected chi connectivity index (χ0v) is 10.8. The summed E-state index contributed by atoms with van der Waals surface area (Å²) in [5, 5.41) is 2.26. The van der Waals surface area contributed by atoms with E-state index in [0.717, 1.165) is 10.5 Å². The first-order valence-corrected chi connectivity index (χ1v) is 8.84. The van der Waals surface area contributed by atoms with Crippen LogP contribution in [0, 0.1) is 0 Å². The molecule has 5 heteroatoms. The van der Waals surface area contributed by atoms with Crippen LogP contribution in [0.2, 0.25) is 0 Å². The van der Waals surface area contributed by atoms with Gasteiger partial charge in [0.1, 0.15) is 0 Å². The van der Waals surface area contributed by atoms with Crippen molar-refractivity contribution in [3.63, 3.8) is 0 Å². The van der Waals surface area contributed by atoms with E-state index in [1.54, 1.807) is 0 Å². The zero-order valence-electron chi connectivity index (χ0n) is 7.79. The summed E-state index contributed by atoms with van der Waals surface area (Å²) in [5.41, 5.74) is 0. The predicted octanol–water partition coefficient (Wildman–Crippen LogP) is -1.57. The SMILES string of the molecule is C[I-]C1CCCCCN2NSN=C12.